The summed E-state index contributed by atoms with van der Waals surface area (Å²) >= 11 is 0. The van der Waals surface area contributed by atoms with Gasteiger partial charge in [-0.15, -0.1) is 0 Å². The van der Waals surface area contributed by atoms with Crippen LogP contribution < -0.4 is 0 Å². The Hall–Kier alpha value is -0.990. The van der Waals surface area contributed by atoms with E-state index in [2.05, 4.69) is 39.3 Å². The van der Waals surface area contributed by atoms with Crippen LogP contribution in [0.4, 0.5) is 0 Å². The van der Waals surface area contributed by atoms with E-state index in [0.29, 0.717) is 30.1 Å². The number of hydrogen-bond acceptors (Lipinski definition) is 3. The average molecular weight is 241 g/mol. The molecule has 17 heavy (non-hydrogen) atoms. The highest BCUT2D eigenvalue weighted by atomic mass is 16.5. The monoisotopic (exact) mass is 241 g/mol. The van der Waals surface area contributed by atoms with Gasteiger partial charge >= 0.3 is 0 Å². The van der Waals surface area contributed by atoms with Gasteiger partial charge in [-0.05, 0) is 11.8 Å². The Balaban J connectivity index is 4.83. The highest BCUT2D eigenvalue weighted by Gasteiger charge is 2.26. The van der Waals surface area contributed by atoms with Crippen molar-refractivity contribution >= 4 is 5.90 Å². The zero-order valence-corrected chi connectivity index (χ0v) is 12.1. The SMILES string of the molecule is C=C(CN=C(OC)C(C(C)C)C(C)CC)OC. The lowest BCUT2D eigenvalue weighted by atomic mass is 9.82. The number of nitrogens with zero attached hydrogens (tertiary/aromatic N) is 1. The minimum absolute atomic E-state index is 0.356. The van der Waals surface area contributed by atoms with E-state index in [1.54, 1.807) is 14.2 Å². The van der Waals surface area contributed by atoms with E-state index >= 15 is 0 Å². The molecule has 0 bridgehead atoms. The van der Waals surface area contributed by atoms with Crippen molar-refractivity contribution in [1.82, 2.24) is 0 Å². The number of rotatable bonds is 7. The van der Waals surface area contributed by atoms with Crippen LogP contribution in [-0.4, -0.2) is 26.7 Å². The van der Waals surface area contributed by atoms with Crippen molar-refractivity contribution < 1.29 is 9.47 Å². The Labute approximate surface area is 106 Å². The first kappa shape index (κ1) is 16.0. The lowest BCUT2D eigenvalue weighted by Gasteiger charge is -2.27. The average Bonchev–Trinajstić information content (AvgIpc) is 2.32. The quantitative estimate of drug-likeness (QED) is 0.388. The molecule has 0 radical (unpaired) electrons. The first-order chi connectivity index (χ1) is 7.97. The van der Waals surface area contributed by atoms with E-state index in [-0.39, 0.29) is 0 Å². The molecule has 0 heterocycles. The van der Waals surface area contributed by atoms with Gasteiger partial charge in [0.1, 0.15) is 5.76 Å². The number of ether oxygens (including phenoxy) is 2. The minimum Gasteiger partial charge on any atom is -0.500 e. The Bertz CT molecular complexity index is 259. The fourth-order valence-corrected chi connectivity index (χ4v) is 1.98. The first-order valence-electron chi connectivity index (χ1n) is 6.27. The summed E-state index contributed by atoms with van der Waals surface area (Å²) in [5.41, 5.74) is 0. The van der Waals surface area contributed by atoms with Crippen LogP contribution in [0.5, 0.6) is 0 Å². The molecule has 0 rings (SSSR count). The van der Waals surface area contributed by atoms with Crippen LogP contribution in [-0.2, 0) is 9.47 Å². The van der Waals surface area contributed by atoms with Crippen LogP contribution in [0, 0.1) is 17.8 Å². The van der Waals surface area contributed by atoms with Crippen molar-refractivity contribution in [2.75, 3.05) is 20.8 Å². The van der Waals surface area contributed by atoms with Crippen LogP contribution in [0.1, 0.15) is 34.1 Å². The molecule has 0 aliphatic carbocycles. The largest absolute Gasteiger partial charge is 0.500 e. The Morgan fingerprint density at radius 2 is 1.76 bits per heavy atom. The second-order valence-electron chi connectivity index (χ2n) is 4.76. The fraction of sp³-hybridized carbons (Fsp3) is 0.786. The fourth-order valence-electron chi connectivity index (χ4n) is 1.98. The van der Waals surface area contributed by atoms with E-state index in [0.717, 1.165) is 12.3 Å². The van der Waals surface area contributed by atoms with Crippen molar-refractivity contribution in [2.45, 2.75) is 34.1 Å². The summed E-state index contributed by atoms with van der Waals surface area (Å²) in [5.74, 6) is 2.90. The minimum atomic E-state index is 0.356. The normalized spacial score (nSPS) is 15.6. The molecule has 3 heteroatoms. The summed E-state index contributed by atoms with van der Waals surface area (Å²) in [6.45, 7) is 13.1. The lowest BCUT2D eigenvalue weighted by Crippen LogP contribution is -2.28. The molecular weight excluding hydrogens is 214 g/mol. The highest BCUT2D eigenvalue weighted by Crippen LogP contribution is 2.25. The van der Waals surface area contributed by atoms with Gasteiger partial charge in [-0.1, -0.05) is 40.7 Å². The molecule has 0 aliphatic rings. The molecule has 0 aromatic heterocycles. The number of hydrogen-bond donors (Lipinski definition) is 0. The maximum atomic E-state index is 5.44. The summed E-state index contributed by atoms with van der Waals surface area (Å²) in [4.78, 5) is 4.47. The molecule has 2 atom stereocenters. The summed E-state index contributed by atoms with van der Waals surface area (Å²) in [6, 6.07) is 0. The lowest BCUT2D eigenvalue weighted by molar-refractivity contribution is 0.267. The molecule has 100 valence electrons. The van der Waals surface area contributed by atoms with Crippen LogP contribution in [0.3, 0.4) is 0 Å². The summed E-state index contributed by atoms with van der Waals surface area (Å²) in [7, 11) is 3.30. The molecule has 0 aromatic carbocycles. The van der Waals surface area contributed by atoms with Gasteiger partial charge in [-0.3, -0.25) is 0 Å². The maximum absolute atomic E-state index is 5.44. The van der Waals surface area contributed by atoms with E-state index in [4.69, 9.17) is 9.47 Å². The van der Waals surface area contributed by atoms with E-state index in [1.165, 1.54) is 0 Å². The second-order valence-corrected chi connectivity index (χ2v) is 4.76. The molecule has 0 saturated carbocycles. The zero-order chi connectivity index (χ0) is 13.4. The summed E-state index contributed by atoms with van der Waals surface area (Å²) in [5, 5.41) is 0. The predicted octanol–water partition coefficient (Wildman–Crippen LogP) is 3.51. The number of methoxy groups -OCH3 is 2. The van der Waals surface area contributed by atoms with Gasteiger partial charge in [0, 0.05) is 5.92 Å². The smallest absolute Gasteiger partial charge is 0.187 e. The number of aliphatic imine (C=N–C) groups is 1. The molecule has 2 unspecified atom stereocenters. The van der Waals surface area contributed by atoms with Gasteiger partial charge in [-0.25, -0.2) is 4.99 Å². The Morgan fingerprint density at radius 3 is 2.12 bits per heavy atom. The van der Waals surface area contributed by atoms with Gasteiger partial charge in [0.15, 0.2) is 5.90 Å². The van der Waals surface area contributed by atoms with Crippen LogP contribution in [0.25, 0.3) is 0 Å². The summed E-state index contributed by atoms with van der Waals surface area (Å²) in [6.07, 6.45) is 1.12. The standard InChI is InChI=1S/C14H27NO2/c1-8-11(4)13(10(2)3)14(17-7)15-9-12(5)16-6/h10-11,13H,5,8-9H2,1-4,6-7H3. The van der Waals surface area contributed by atoms with Gasteiger partial charge in [0.2, 0.25) is 0 Å². The highest BCUT2D eigenvalue weighted by molar-refractivity contribution is 5.79. The first-order valence-corrected chi connectivity index (χ1v) is 6.27. The molecular formula is C14H27NO2. The molecule has 3 nitrogen and oxygen atoms in total. The Kier molecular flexibility index (Phi) is 7.68. The van der Waals surface area contributed by atoms with Crippen molar-refractivity contribution in [1.29, 1.82) is 0 Å². The molecule has 0 fully saturated rings. The van der Waals surface area contributed by atoms with Crippen LogP contribution in [0.15, 0.2) is 17.3 Å². The van der Waals surface area contributed by atoms with Gasteiger partial charge in [-0.2, -0.15) is 0 Å². The van der Waals surface area contributed by atoms with Crippen LogP contribution in [0.2, 0.25) is 0 Å². The van der Waals surface area contributed by atoms with E-state index in [9.17, 15) is 0 Å². The molecule has 0 saturated heterocycles. The van der Waals surface area contributed by atoms with E-state index < -0.39 is 0 Å². The van der Waals surface area contributed by atoms with Crippen LogP contribution >= 0.6 is 0 Å². The third-order valence-corrected chi connectivity index (χ3v) is 3.17. The third kappa shape index (κ3) is 5.24. The predicted molar refractivity (Wildman–Crippen MR) is 73.2 cm³/mol. The van der Waals surface area contributed by atoms with Gasteiger partial charge in [0.25, 0.3) is 0 Å². The summed E-state index contributed by atoms with van der Waals surface area (Å²) < 4.78 is 10.5. The molecule has 0 N–H and O–H groups in total. The van der Waals surface area contributed by atoms with Crippen molar-refractivity contribution in [2.24, 2.45) is 22.7 Å². The topological polar surface area (TPSA) is 30.8 Å². The zero-order valence-electron chi connectivity index (χ0n) is 12.1. The molecule has 0 spiro atoms. The van der Waals surface area contributed by atoms with Crippen molar-refractivity contribution in [3.05, 3.63) is 12.3 Å². The van der Waals surface area contributed by atoms with Crippen molar-refractivity contribution in [3.8, 4) is 0 Å². The second kappa shape index (κ2) is 8.15. The molecule has 0 aliphatic heterocycles. The van der Waals surface area contributed by atoms with E-state index in [1.807, 2.05) is 0 Å². The maximum Gasteiger partial charge on any atom is 0.187 e. The molecule has 0 amide bonds. The van der Waals surface area contributed by atoms with Gasteiger partial charge < -0.3 is 9.47 Å². The van der Waals surface area contributed by atoms with Gasteiger partial charge in [0.05, 0.1) is 20.8 Å². The molecule has 0 aromatic rings. The van der Waals surface area contributed by atoms with Crippen molar-refractivity contribution in [3.63, 3.8) is 0 Å². The Morgan fingerprint density at radius 1 is 1.18 bits per heavy atom. The third-order valence-electron chi connectivity index (χ3n) is 3.17.